The highest BCUT2D eigenvalue weighted by Crippen LogP contribution is 2.22. The summed E-state index contributed by atoms with van der Waals surface area (Å²) in [6, 6.07) is 17.4. The lowest BCUT2D eigenvalue weighted by molar-refractivity contribution is -0.116. The van der Waals surface area contributed by atoms with Crippen LogP contribution in [0.15, 0.2) is 106 Å². The molecule has 0 unspecified atom stereocenters. The third kappa shape index (κ3) is 12.8. The van der Waals surface area contributed by atoms with Gasteiger partial charge in [0.2, 0.25) is 0 Å². The monoisotopic (exact) mass is 734 g/mol. The molecule has 0 aliphatic carbocycles. The van der Waals surface area contributed by atoms with Crippen molar-refractivity contribution in [3.05, 3.63) is 129 Å². The number of piperazine rings is 1. The largest absolute Gasteiger partial charge is 0.361 e. The van der Waals surface area contributed by atoms with Crippen molar-refractivity contribution in [2.75, 3.05) is 55.4 Å². The number of carbonyl (C=O) groups is 3. The Morgan fingerprint density at radius 3 is 2.09 bits per heavy atom. The van der Waals surface area contributed by atoms with Crippen LogP contribution >= 0.6 is 11.8 Å². The number of aromatic nitrogens is 2. The van der Waals surface area contributed by atoms with Crippen LogP contribution in [0.25, 0.3) is 0 Å². The average molecular weight is 735 g/mol. The Labute approximate surface area is 317 Å². The predicted molar refractivity (Wildman–Crippen MR) is 217 cm³/mol. The molecule has 1 fully saturated rings. The van der Waals surface area contributed by atoms with Crippen LogP contribution in [-0.4, -0.2) is 90.1 Å². The molecule has 1 amide bonds. The Hall–Kier alpha value is -5.17. The van der Waals surface area contributed by atoms with E-state index in [1.165, 1.54) is 18.0 Å². The minimum atomic E-state index is -0.284. The normalized spacial score (nSPS) is 14.2. The first-order chi connectivity index (χ1) is 25.6. The number of nitrogens with zero attached hydrogens (tertiary/aromatic N) is 6. The van der Waals surface area contributed by atoms with Crippen molar-refractivity contribution >= 4 is 48.6 Å². The Morgan fingerprint density at radius 1 is 0.962 bits per heavy atom. The molecule has 2 heterocycles. The van der Waals surface area contributed by atoms with Crippen molar-refractivity contribution in [3.8, 4) is 0 Å². The summed E-state index contributed by atoms with van der Waals surface area (Å²) in [5, 5.41) is 6.30. The van der Waals surface area contributed by atoms with Gasteiger partial charge in [0, 0.05) is 81.4 Å². The molecule has 4 rings (SSSR count). The second-order valence-corrected chi connectivity index (χ2v) is 13.9. The van der Waals surface area contributed by atoms with Gasteiger partial charge in [-0.05, 0) is 56.7 Å². The van der Waals surface area contributed by atoms with Gasteiger partial charge in [0.05, 0.1) is 10.8 Å². The summed E-state index contributed by atoms with van der Waals surface area (Å²) in [6.07, 6.45) is 7.02. The highest BCUT2D eigenvalue weighted by atomic mass is 32.2. The molecule has 0 atom stereocenters. The second kappa shape index (κ2) is 20.8. The first-order valence-corrected chi connectivity index (χ1v) is 18.6. The third-order valence-electron chi connectivity index (χ3n) is 8.69. The minimum absolute atomic E-state index is 0.284. The number of carbonyl (C=O) groups excluding carboxylic acids is 3. The van der Waals surface area contributed by atoms with Crippen LogP contribution in [-0.2, 0) is 17.9 Å². The molecular formula is C41H50N8O3S. The number of hydrogen-bond acceptors (Lipinski definition) is 11. The van der Waals surface area contributed by atoms with Gasteiger partial charge in [0.1, 0.15) is 30.0 Å². The fraction of sp³-hybridized carbons (Fsp3) is 0.317. The molecule has 11 nitrogen and oxygen atoms in total. The van der Waals surface area contributed by atoms with E-state index in [0.29, 0.717) is 39.2 Å². The van der Waals surface area contributed by atoms with Crippen LogP contribution < -0.4 is 15.5 Å². The van der Waals surface area contributed by atoms with E-state index < -0.39 is 0 Å². The minimum Gasteiger partial charge on any atom is -0.361 e. The summed E-state index contributed by atoms with van der Waals surface area (Å²) >= 11 is 1.31. The quantitative estimate of drug-likeness (QED) is 0.0469. The third-order valence-corrected chi connectivity index (χ3v) is 9.58. The molecule has 53 heavy (non-hydrogen) atoms. The zero-order valence-electron chi connectivity index (χ0n) is 31.2. The zero-order chi connectivity index (χ0) is 38.2. The van der Waals surface area contributed by atoms with Crippen molar-refractivity contribution in [2.24, 2.45) is 4.99 Å². The predicted octanol–water partition coefficient (Wildman–Crippen LogP) is 6.42. The van der Waals surface area contributed by atoms with E-state index in [-0.39, 0.29) is 5.91 Å². The Kier molecular flexibility index (Phi) is 15.9. The maximum Gasteiger partial charge on any atom is 0.263 e. The summed E-state index contributed by atoms with van der Waals surface area (Å²) in [5.41, 5.74) is 5.95. The fourth-order valence-electron chi connectivity index (χ4n) is 5.90. The maximum atomic E-state index is 13.2. The van der Waals surface area contributed by atoms with Crippen molar-refractivity contribution < 1.29 is 14.4 Å². The molecule has 278 valence electrons. The van der Waals surface area contributed by atoms with Gasteiger partial charge < -0.3 is 15.5 Å². The first-order valence-electron chi connectivity index (χ1n) is 17.6. The fourth-order valence-corrected chi connectivity index (χ4v) is 6.61. The standard InChI is InChI=1S/C41H50N8O3S/c1-7-8-31(4)40(30(2)3)46-41(52)37(24-42-6)53-29-43-38-23-39(45-32(5)44-38)49-21-19-47(20-22-49)17-18-48(25-33-9-13-35(27-50)14-10-33)26-34-11-15-36(28-51)16-12-34/h7-16,23-24,27-28H,2,6,17-22,25-26,29H2,1,3-5H3,(H,46,52)(H,43,44,45)/b8-7-,37-24-,40-31+. The number of anilines is 2. The topological polar surface area (TPSA) is 123 Å². The Bertz CT molecular complexity index is 1780. The summed E-state index contributed by atoms with van der Waals surface area (Å²) in [5.74, 6) is 2.30. The zero-order valence-corrected chi connectivity index (χ0v) is 32.0. The van der Waals surface area contributed by atoms with E-state index in [4.69, 9.17) is 4.98 Å². The maximum absolute atomic E-state index is 13.2. The van der Waals surface area contributed by atoms with Crippen LogP contribution in [0.3, 0.4) is 0 Å². The van der Waals surface area contributed by atoms with Crippen LogP contribution in [0, 0.1) is 6.92 Å². The number of rotatable bonds is 19. The molecule has 1 aliphatic rings. The van der Waals surface area contributed by atoms with Gasteiger partial charge in [-0.1, -0.05) is 79.0 Å². The SMILES string of the molecule is C=N/C=C(\SCNc1cc(N2CCN(CCN(Cc3ccc(C=O)cc3)Cc3ccc(C=O)cc3)CC2)nc(C)n1)C(=O)N/C(C(=C)C)=C(C)/C=C\C. The van der Waals surface area contributed by atoms with E-state index in [0.717, 1.165) is 93.0 Å². The van der Waals surface area contributed by atoms with E-state index >= 15 is 0 Å². The Balaban J connectivity index is 1.32. The molecule has 3 aromatic rings. The van der Waals surface area contributed by atoms with Crippen LogP contribution in [0.2, 0.25) is 0 Å². The molecule has 2 aromatic carbocycles. The highest BCUT2D eigenvalue weighted by molar-refractivity contribution is 8.04. The van der Waals surface area contributed by atoms with Crippen LogP contribution in [0.1, 0.15) is 58.4 Å². The smallest absolute Gasteiger partial charge is 0.263 e. The highest BCUT2D eigenvalue weighted by Gasteiger charge is 2.20. The number of aryl methyl sites for hydroxylation is 1. The van der Waals surface area contributed by atoms with E-state index in [9.17, 15) is 14.4 Å². The summed E-state index contributed by atoms with van der Waals surface area (Å²) in [4.78, 5) is 56.2. The summed E-state index contributed by atoms with van der Waals surface area (Å²) < 4.78 is 0. The molecule has 0 radical (unpaired) electrons. The Morgan fingerprint density at radius 2 is 1.57 bits per heavy atom. The van der Waals surface area contributed by atoms with Gasteiger partial charge in [-0.2, -0.15) is 0 Å². The van der Waals surface area contributed by atoms with E-state index in [1.54, 1.807) is 0 Å². The molecule has 1 aliphatic heterocycles. The molecule has 0 saturated carbocycles. The number of allylic oxidation sites excluding steroid dienone is 4. The van der Waals surface area contributed by atoms with Crippen molar-refractivity contribution in [1.82, 2.24) is 25.1 Å². The van der Waals surface area contributed by atoms with E-state index in [1.807, 2.05) is 94.4 Å². The number of nitrogens with one attached hydrogen (secondary N) is 2. The summed E-state index contributed by atoms with van der Waals surface area (Å²) in [7, 11) is 0. The van der Waals surface area contributed by atoms with Crippen molar-refractivity contribution in [2.45, 2.75) is 40.8 Å². The lowest BCUT2D eigenvalue weighted by atomic mass is 10.1. The molecule has 1 saturated heterocycles. The summed E-state index contributed by atoms with van der Waals surface area (Å²) in [6.45, 7) is 21.8. The molecule has 0 spiro atoms. The van der Waals surface area contributed by atoms with Crippen LogP contribution in [0.5, 0.6) is 0 Å². The van der Waals surface area contributed by atoms with Crippen molar-refractivity contribution in [1.29, 1.82) is 0 Å². The number of thioether (sulfide) groups is 1. The first kappa shape index (κ1) is 40.6. The average Bonchev–Trinajstić information content (AvgIpc) is 3.16. The van der Waals surface area contributed by atoms with Gasteiger partial charge in [-0.15, -0.1) is 0 Å². The van der Waals surface area contributed by atoms with Gasteiger partial charge >= 0.3 is 0 Å². The lowest BCUT2D eigenvalue weighted by Crippen LogP contribution is -2.48. The van der Waals surface area contributed by atoms with Gasteiger partial charge in [0.25, 0.3) is 5.91 Å². The molecule has 0 bridgehead atoms. The number of benzene rings is 2. The number of aldehydes is 2. The van der Waals surface area contributed by atoms with E-state index in [2.05, 4.69) is 48.6 Å². The number of amides is 1. The van der Waals surface area contributed by atoms with Gasteiger partial charge in [0.15, 0.2) is 0 Å². The van der Waals surface area contributed by atoms with Gasteiger partial charge in [-0.3, -0.25) is 29.2 Å². The van der Waals surface area contributed by atoms with Crippen LogP contribution in [0.4, 0.5) is 11.6 Å². The number of aliphatic imine (C=N–C) groups is 1. The molecule has 2 N–H and O–H groups in total. The lowest BCUT2D eigenvalue weighted by Gasteiger charge is -2.36. The van der Waals surface area contributed by atoms with Gasteiger partial charge in [-0.25, -0.2) is 9.97 Å². The molecule has 1 aromatic heterocycles. The second-order valence-electron chi connectivity index (χ2n) is 12.9. The molecule has 12 heteroatoms. The number of hydrogen-bond donors (Lipinski definition) is 2. The van der Waals surface area contributed by atoms with Crippen molar-refractivity contribution in [3.63, 3.8) is 0 Å². The molecular weight excluding hydrogens is 685 g/mol.